The zero-order valence-corrected chi connectivity index (χ0v) is 11.8. The van der Waals surface area contributed by atoms with E-state index < -0.39 is 5.82 Å². The van der Waals surface area contributed by atoms with Crippen LogP contribution >= 0.6 is 27.7 Å². The number of nitrogens with zero attached hydrogens (tertiary/aromatic N) is 2. The number of halogens is 2. The number of nitrogens with two attached hydrogens (primary N) is 1. The minimum atomic E-state index is -0.435. The van der Waals surface area contributed by atoms with E-state index in [9.17, 15) is 4.39 Å². The fraction of sp³-hybridized carbons (Fsp3) is 0.0909. The van der Waals surface area contributed by atoms with E-state index in [0.717, 1.165) is 0 Å². The summed E-state index contributed by atoms with van der Waals surface area (Å²) in [5, 5.41) is 8.02. The Kier molecular flexibility index (Phi) is 3.72. The largest absolute Gasteiger partial charge is 0.384 e. The van der Waals surface area contributed by atoms with Crippen molar-refractivity contribution >= 4 is 33.5 Å². The van der Waals surface area contributed by atoms with Crippen LogP contribution in [0.3, 0.4) is 0 Å². The van der Waals surface area contributed by atoms with Gasteiger partial charge in [0.1, 0.15) is 5.84 Å². The second-order valence-corrected chi connectivity index (χ2v) is 5.38. The summed E-state index contributed by atoms with van der Waals surface area (Å²) < 4.78 is 16.1. The minimum absolute atomic E-state index is 0.172. The Morgan fingerprint density at radius 2 is 2.28 bits per heavy atom. The van der Waals surface area contributed by atoms with Gasteiger partial charge in [-0.2, -0.15) is 0 Å². The van der Waals surface area contributed by atoms with Crippen molar-refractivity contribution in [1.82, 2.24) is 9.55 Å². The third kappa shape index (κ3) is 2.41. The number of amidine groups is 1. The molecular weight excluding hydrogens is 319 g/mol. The Morgan fingerprint density at radius 1 is 1.56 bits per heavy atom. The lowest BCUT2D eigenvalue weighted by Gasteiger charge is -2.08. The van der Waals surface area contributed by atoms with Crippen molar-refractivity contribution in [2.75, 3.05) is 0 Å². The van der Waals surface area contributed by atoms with Gasteiger partial charge in [0.05, 0.1) is 9.37 Å². The third-order valence-electron chi connectivity index (χ3n) is 2.32. The molecule has 0 bridgehead atoms. The Hall–Kier alpha value is -1.34. The maximum atomic E-state index is 14.1. The lowest BCUT2D eigenvalue weighted by Crippen LogP contribution is -2.12. The Morgan fingerprint density at radius 3 is 2.83 bits per heavy atom. The zero-order valence-electron chi connectivity index (χ0n) is 9.45. The van der Waals surface area contributed by atoms with E-state index in [-0.39, 0.29) is 10.3 Å². The fourth-order valence-electron chi connectivity index (χ4n) is 1.37. The van der Waals surface area contributed by atoms with E-state index in [0.29, 0.717) is 15.6 Å². The molecule has 0 amide bonds. The summed E-state index contributed by atoms with van der Waals surface area (Å²) >= 11 is 4.34. The summed E-state index contributed by atoms with van der Waals surface area (Å²) in [6, 6.07) is 3.21. The standard InChI is InChI=1S/C11H10BrFN4S/c1-17-5-4-16-11(17)18-7-3-2-6(10(14)15)8(12)9(7)13/h2-5H,1H3,(H3,14,15). The van der Waals surface area contributed by atoms with Gasteiger partial charge in [-0.15, -0.1) is 0 Å². The van der Waals surface area contributed by atoms with Crippen molar-refractivity contribution in [1.29, 1.82) is 5.41 Å². The van der Waals surface area contributed by atoms with Crippen LogP contribution in [0.15, 0.2) is 39.1 Å². The molecule has 18 heavy (non-hydrogen) atoms. The molecule has 1 aromatic heterocycles. The van der Waals surface area contributed by atoms with Crippen LogP contribution in [0.2, 0.25) is 0 Å². The van der Waals surface area contributed by atoms with Crippen LogP contribution < -0.4 is 5.73 Å². The Balaban J connectivity index is 2.39. The third-order valence-corrected chi connectivity index (χ3v) is 4.20. The molecule has 0 fully saturated rings. The highest BCUT2D eigenvalue weighted by atomic mass is 79.9. The molecule has 1 aromatic carbocycles. The first-order valence-corrected chi connectivity index (χ1v) is 6.59. The van der Waals surface area contributed by atoms with Crippen molar-refractivity contribution in [3.05, 3.63) is 40.4 Å². The van der Waals surface area contributed by atoms with Crippen LogP contribution in [0.4, 0.5) is 4.39 Å². The number of benzene rings is 1. The topological polar surface area (TPSA) is 67.7 Å². The number of nitrogen functional groups attached to an aromatic ring is 1. The Labute approximate surface area is 116 Å². The average molecular weight is 329 g/mol. The quantitative estimate of drug-likeness (QED) is 0.672. The maximum Gasteiger partial charge on any atom is 0.172 e. The van der Waals surface area contributed by atoms with Crippen molar-refractivity contribution in [3.63, 3.8) is 0 Å². The predicted octanol–water partition coefficient (Wildman–Crippen LogP) is 2.76. The molecule has 0 aliphatic heterocycles. The SMILES string of the molecule is Cn1ccnc1Sc1ccc(C(=N)N)c(Br)c1F. The molecule has 2 aromatic rings. The predicted molar refractivity (Wildman–Crippen MR) is 72.4 cm³/mol. The molecule has 0 spiro atoms. The molecule has 4 nitrogen and oxygen atoms in total. The summed E-state index contributed by atoms with van der Waals surface area (Å²) in [4.78, 5) is 4.55. The molecule has 0 atom stereocenters. The molecule has 2 rings (SSSR count). The highest BCUT2D eigenvalue weighted by molar-refractivity contribution is 9.10. The van der Waals surface area contributed by atoms with Crippen LogP contribution in [0.25, 0.3) is 0 Å². The van der Waals surface area contributed by atoms with Gasteiger partial charge in [-0.3, -0.25) is 5.41 Å². The van der Waals surface area contributed by atoms with E-state index in [1.54, 1.807) is 29.1 Å². The summed E-state index contributed by atoms with van der Waals surface area (Å²) in [7, 11) is 1.84. The molecule has 0 saturated carbocycles. The normalized spacial score (nSPS) is 10.6. The molecule has 0 aliphatic carbocycles. The van der Waals surface area contributed by atoms with E-state index >= 15 is 0 Å². The Bertz CT molecular complexity index is 611. The minimum Gasteiger partial charge on any atom is -0.384 e. The first-order chi connectivity index (χ1) is 8.50. The van der Waals surface area contributed by atoms with Crippen LogP contribution in [-0.2, 0) is 7.05 Å². The highest BCUT2D eigenvalue weighted by Crippen LogP contribution is 2.33. The number of imidazole rings is 1. The molecular formula is C11H10BrFN4S. The van der Waals surface area contributed by atoms with Crippen molar-refractivity contribution in [2.45, 2.75) is 10.1 Å². The summed E-state index contributed by atoms with van der Waals surface area (Å²) in [6.45, 7) is 0. The molecule has 0 unspecified atom stereocenters. The summed E-state index contributed by atoms with van der Waals surface area (Å²) in [5.74, 6) is -0.606. The number of rotatable bonds is 3. The van der Waals surface area contributed by atoms with Crippen LogP contribution in [0.1, 0.15) is 5.56 Å². The van der Waals surface area contributed by atoms with Gasteiger partial charge in [-0.05, 0) is 39.8 Å². The van der Waals surface area contributed by atoms with E-state index in [1.807, 2.05) is 7.05 Å². The number of hydrogen-bond acceptors (Lipinski definition) is 3. The summed E-state index contributed by atoms with van der Waals surface area (Å²) in [5.41, 5.74) is 5.70. The van der Waals surface area contributed by atoms with E-state index in [2.05, 4.69) is 20.9 Å². The van der Waals surface area contributed by atoms with Crippen molar-refractivity contribution < 1.29 is 4.39 Å². The van der Waals surface area contributed by atoms with Gasteiger partial charge >= 0.3 is 0 Å². The van der Waals surface area contributed by atoms with Gasteiger partial charge in [-0.1, -0.05) is 0 Å². The van der Waals surface area contributed by atoms with E-state index in [1.165, 1.54) is 11.8 Å². The van der Waals surface area contributed by atoms with Crippen molar-refractivity contribution in [3.8, 4) is 0 Å². The van der Waals surface area contributed by atoms with Gasteiger partial charge < -0.3 is 10.3 Å². The number of aromatic nitrogens is 2. The smallest absolute Gasteiger partial charge is 0.172 e. The molecule has 1 heterocycles. The van der Waals surface area contributed by atoms with Crippen LogP contribution in [-0.4, -0.2) is 15.4 Å². The van der Waals surface area contributed by atoms with Gasteiger partial charge in [0.25, 0.3) is 0 Å². The van der Waals surface area contributed by atoms with Crippen molar-refractivity contribution in [2.24, 2.45) is 12.8 Å². The average Bonchev–Trinajstić information content (AvgIpc) is 2.70. The summed E-state index contributed by atoms with van der Waals surface area (Å²) in [6.07, 6.45) is 3.44. The monoisotopic (exact) mass is 328 g/mol. The van der Waals surface area contributed by atoms with Gasteiger partial charge in [0.15, 0.2) is 11.0 Å². The number of hydrogen-bond donors (Lipinski definition) is 2. The lowest BCUT2D eigenvalue weighted by atomic mass is 10.2. The molecule has 0 radical (unpaired) electrons. The number of nitrogens with one attached hydrogen (secondary N) is 1. The van der Waals surface area contributed by atoms with E-state index in [4.69, 9.17) is 11.1 Å². The fourth-order valence-corrected chi connectivity index (χ4v) is 2.90. The molecule has 0 saturated heterocycles. The first-order valence-electron chi connectivity index (χ1n) is 4.98. The molecule has 3 N–H and O–H groups in total. The lowest BCUT2D eigenvalue weighted by molar-refractivity contribution is 0.594. The highest BCUT2D eigenvalue weighted by Gasteiger charge is 2.15. The second-order valence-electron chi connectivity index (χ2n) is 3.58. The number of aryl methyl sites for hydroxylation is 1. The van der Waals surface area contributed by atoms with Gasteiger partial charge in [0.2, 0.25) is 0 Å². The molecule has 0 aliphatic rings. The second kappa shape index (κ2) is 5.11. The van der Waals surface area contributed by atoms with Crippen LogP contribution in [0, 0.1) is 11.2 Å². The zero-order chi connectivity index (χ0) is 13.3. The van der Waals surface area contributed by atoms with Crippen LogP contribution in [0.5, 0.6) is 0 Å². The molecule has 94 valence electrons. The maximum absolute atomic E-state index is 14.1. The van der Waals surface area contributed by atoms with Gasteiger partial charge in [0, 0.05) is 25.0 Å². The first kappa shape index (κ1) is 13.1. The van der Waals surface area contributed by atoms with Gasteiger partial charge in [-0.25, -0.2) is 9.37 Å². The molecule has 7 heteroatoms.